The molecule has 0 unspecified atom stereocenters. The van der Waals surface area contributed by atoms with Crippen molar-refractivity contribution in [2.24, 2.45) is 0 Å². The average molecular weight is 367 g/mol. The molecule has 0 aromatic carbocycles. The third-order valence-corrected chi connectivity index (χ3v) is 5.04. The van der Waals surface area contributed by atoms with E-state index in [0.29, 0.717) is 12.4 Å². The van der Waals surface area contributed by atoms with Gasteiger partial charge in [-0.15, -0.1) is 11.3 Å². The molecule has 2 aromatic rings. The van der Waals surface area contributed by atoms with E-state index in [4.69, 9.17) is 4.74 Å². The van der Waals surface area contributed by atoms with Gasteiger partial charge in [-0.05, 0) is 35.0 Å². The van der Waals surface area contributed by atoms with Crippen molar-refractivity contribution >= 4 is 33.2 Å². The van der Waals surface area contributed by atoms with E-state index in [2.05, 4.69) is 20.9 Å². The number of carbonyl (C=O) groups excluding carboxylic acids is 1. The Morgan fingerprint density at radius 2 is 2.38 bits per heavy atom. The molecule has 3 rings (SSSR count). The molecule has 0 radical (unpaired) electrons. The van der Waals surface area contributed by atoms with Crippen LogP contribution < -0.4 is 4.74 Å². The van der Waals surface area contributed by atoms with Crippen molar-refractivity contribution in [2.75, 3.05) is 13.1 Å². The molecule has 3 heterocycles. The van der Waals surface area contributed by atoms with Gasteiger partial charge >= 0.3 is 0 Å². The summed E-state index contributed by atoms with van der Waals surface area (Å²) in [5, 5.41) is 1.92. The number of hydrogen-bond acceptors (Lipinski definition) is 4. The number of thiophene rings is 1. The standard InChI is InChI=1S/C15H15BrN2O2S/c1-10-3-2-4-14(17-10)20-12-5-6-18(8-12)15(19)13-7-11(16)9-21-13/h2-4,7,9,12H,5-6,8H2,1H3/t12-/m0/s1. The number of carbonyl (C=O) groups is 1. The van der Waals surface area contributed by atoms with Crippen LogP contribution in [0, 0.1) is 6.92 Å². The lowest BCUT2D eigenvalue weighted by atomic mass is 10.3. The van der Waals surface area contributed by atoms with Crippen molar-refractivity contribution in [2.45, 2.75) is 19.4 Å². The molecule has 1 saturated heterocycles. The Kier molecular flexibility index (Phi) is 4.26. The van der Waals surface area contributed by atoms with Crippen LogP contribution in [-0.2, 0) is 0 Å². The summed E-state index contributed by atoms with van der Waals surface area (Å²) in [4.78, 5) is 19.3. The van der Waals surface area contributed by atoms with Crippen molar-refractivity contribution in [3.63, 3.8) is 0 Å². The highest BCUT2D eigenvalue weighted by molar-refractivity contribution is 9.10. The van der Waals surface area contributed by atoms with Gasteiger partial charge in [-0.2, -0.15) is 0 Å². The molecule has 0 spiro atoms. The van der Waals surface area contributed by atoms with E-state index in [-0.39, 0.29) is 12.0 Å². The Morgan fingerprint density at radius 1 is 1.52 bits per heavy atom. The number of likely N-dealkylation sites (tertiary alicyclic amines) is 1. The SMILES string of the molecule is Cc1cccc(O[C@H]2CCN(C(=O)c3cc(Br)cs3)C2)n1. The molecule has 0 bridgehead atoms. The average Bonchev–Trinajstić information content (AvgIpc) is 3.07. The third kappa shape index (κ3) is 3.44. The quantitative estimate of drug-likeness (QED) is 0.834. The number of aryl methyl sites for hydroxylation is 1. The highest BCUT2D eigenvalue weighted by Gasteiger charge is 2.29. The number of halogens is 1. The summed E-state index contributed by atoms with van der Waals surface area (Å²) in [6, 6.07) is 7.59. The first-order valence-electron chi connectivity index (χ1n) is 6.75. The van der Waals surface area contributed by atoms with Crippen LogP contribution in [0.5, 0.6) is 5.88 Å². The summed E-state index contributed by atoms with van der Waals surface area (Å²) in [7, 11) is 0. The van der Waals surface area contributed by atoms with Gasteiger partial charge in [0.1, 0.15) is 6.10 Å². The van der Waals surface area contributed by atoms with Gasteiger partial charge in [-0.25, -0.2) is 4.98 Å². The summed E-state index contributed by atoms with van der Waals surface area (Å²) in [5.74, 6) is 0.710. The maximum absolute atomic E-state index is 12.4. The van der Waals surface area contributed by atoms with Crippen LogP contribution in [0.2, 0.25) is 0 Å². The molecule has 1 fully saturated rings. The number of pyridine rings is 1. The van der Waals surface area contributed by atoms with Gasteiger partial charge in [-0.3, -0.25) is 4.79 Å². The second-order valence-electron chi connectivity index (χ2n) is 5.03. The Labute approximate surface area is 135 Å². The first-order valence-corrected chi connectivity index (χ1v) is 8.43. The summed E-state index contributed by atoms with van der Waals surface area (Å²) in [6.45, 7) is 3.28. The molecule has 1 aliphatic heterocycles. The van der Waals surface area contributed by atoms with Crippen molar-refractivity contribution < 1.29 is 9.53 Å². The first kappa shape index (κ1) is 14.5. The zero-order valence-electron chi connectivity index (χ0n) is 11.6. The van der Waals surface area contributed by atoms with E-state index >= 15 is 0 Å². The second-order valence-corrected chi connectivity index (χ2v) is 6.85. The Balaban J connectivity index is 1.61. The number of aromatic nitrogens is 1. The Morgan fingerprint density at radius 3 is 3.10 bits per heavy atom. The number of ether oxygens (including phenoxy) is 1. The predicted octanol–water partition coefficient (Wildman–Crippen LogP) is 3.51. The fourth-order valence-corrected chi connectivity index (χ4v) is 3.74. The van der Waals surface area contributed by atoms with E-state index in [1.54, 1.807) is 0 Å². The topological polar surface area (TPSA) is 42.4 Å². The molecule has 0 aliphatic carbocycles. The zero-order chi connectivity index (χ0) is 14.8. The number of amides is 1. The predicted molar refractivity (Wildman–Crippen MR) is 85.9 cm³/mol. The van der Waals surface area contributed by atoms with Crippen LogP contribution in [0.1, 0.15) is 21.8 Å². The molecule has 1 atom stereocenters. The molecule has 0 N–H and O–H groups in total. The summed E-state index contributed by atoms with van der Waals surface area (Å²) in [5.41, 5.74) is 0.932. The maximum Gasteiger partial charge on any atom is 0.264 e. The molecule has 1 aliphatic rings. The molecule has 2 aromatic heterocycles. The van der Waals surface area contributed by atoms with Crippen LogP contribution in [0.25, 0.3) is 0 Å². The minimum Gasteiger partial charge on any atom is -0.472 e. The van der Waals surface area contributed by atoms with Gasteiger partial charge in [-0.1, -0.05) is 6.07 Å². The summed E-state index contributed by atoms with van der Waals surface area (Å²) < 4.78 is 6.82. The molecular formula is C15H15BrN2O2S. The lowest BCUT2D eigenvalue weighted by molar-refractivity contribution is 0.0776. The molecule has 6 heteroatoms. The third-order valence-electron chi connectivity index (χ3n) is 3.36. The lowest BCUT2D eigenvalue weighted by Crippen LogP contribution is -2.30. The fraction of sp³-hybridized carbons (Fsp3) is 0.333. The number of hydrogen-bond donors (Lipinski definition) is 0. The summed E-state index contributed by atoms with van der Waals surface area (Å²) in [6.07, 6.45) is 0.861. The van der Waals surface area contributed by atoms with Gasteiger partial charge < -0.3 is 9.64 Å². The smallest absolute Gasteiger partial charge is 0.264 e. The highest BCUT2D eigenvalue weighted by Crippen LogP contribution is 2.24. The molecule has 4 nitrogen and oxygen atoms in total. The molecule has 1 amide bonds. The largest absolute Gasteiger partial charge is 0.472 e. The monoisotopic (exact) mass is 366 g/mol. The van der Waals surface area contributed by atoms with E-state index < -0.39 is 0 Å². The van der Waals surface area contributed by atoms with E-state index in [0.717, 1.165) is 28.0 Å². The van der Waals surface area contributed by atoms with Crippen LogP contribution >= 0.6 is 27.3 Å². The van der Waals surface area contributed by atoms with Gasteiger partial charge in [0.15, 0.2) is 0 Å². The molecule has 110 valence electrons. The van der Waals surface area contributed by atoms with E-state index in [9.17, 15) is 4.79 Å². The van der Waals surface area contributed by atoms with E-state index in [1.165, 1.54) is 11.3 Å². The summed E-state index contributed by atoms with van der Waals surface area (Å²) >= 11 is 4.84. The van der Waals surface area contributed by atoms with Crippen LogP contribution in [0.15, 0.2) is 34.1 Å². The van der Waals surface area contributed by atoms with Crippen molar-refractivity contribution in [1.82, 2.24) is 9.88 Å². The second kappa shape index (κ2) is 6.15. The molecule has 21 heavy (non-hydrogen) atoms. The van der Waals surface area contributed by atoms with Crippen molar-refractivity contribution in [3.05, 3.63) is 44.7 Å². The normalized spacial score (nSPS) is 18.0. The maximum atomic E-state index is 12.4. The van der Waals surface area contributed by atoms with Crippen molar-refractivity contribution in [3.8, 4) is 5.88 Å². The van der Waals surface area contributed by atoms with E-state index in [1.807, 2.05) is 41.5 Å². The van der Waals surface area contributed by atoms with Crippen LogP contribution in [0.3, 0.4) is 0 Å². The lowest BCUT2D eigenvalue weighted by Gasteiger charge is -2.16. The highest BCUT2D eigenvalue weighted by atomic mass is 79.9. The van der Waals surface area contributed by atoms with Gasteiger partial charge in [0.2, 0.25) is 5.88 Å². The molecular weight excluding hydrogens is 352 g/mol. The van der Waals surface area contributed by atoms with Gasteiger partial charge in [0.05, 0.1) is 11.4 Å². The minimum absolute atomic E-state index is 0.0200. The van der Waals surface area contributed by atoms with Gasteiger partial charge in [0.25, 0.3) is 5.91 Å². The molecule has 0 saturated carbocycles. The van der Waals surface area contributed by atoms with Crippen LogP contribution in [0.4, 0.5) is 0 Å². The van der Waals surface area contributed by atoms with Crippen LogP contribution in [-0.4, -0.2) is 35.0 Å². The zero-order valence-corrected chi connectivity index (χ0v) is 14.0. The Bertz CT molecular complexity index is 659. The minimum atomic E-state index is 0.0200. The number of nitrogens with zero attached hydrogens (tertiary/aromatic N) is 2. The van der Waals surface area contributed by atoms with Gasteiger partial charge in [0, 0.05) is 34.6 Å². The number of rotatable bonds is 3. The van der Waals surface area contributed by atoms with Crippen molar-refractivity contribution in [1.29, 1.82) is 0 Å². The Hall–Kier alpha value is -1.40. The fourth-order valence-electron chi connectivity index (χ4n) is 2.34. The first-order chi connectivity index (χ1) is 10.1.